The number of benzene rings is 2. The van der Waals surface area contributed by atoms with E-state index < -0.39 is 0 Å². The van der Waals surface area contributed by atoms with E-state index in [0.29, 0.717) is 30.3 Å². The van der Waals surface area contributed by atoms with Crippen LogP contribution >= 0.6 is 11.3 Å². The molecule has 2 aromatic carbocycles. The van der Waals surface area contributed by atoms with Crippen molar-refractivity contribution in [1.82, 2.24) is 4.98 Å². The lowest BCUT2D eigenvalue weighted by Gasteiger charge is -2.07. The molecular weight excluding hydrogens is 398 g/mol. The Labute approximate surface area is 180 Å². The number of aromatic nitrogens is 1. The average molecular weight is 424 g/mol. The molecule has 156 valence electrons. The van der Waals surface area contributed by atoms with Crippen molar-refractivity contribution in [2.24, 2.45) is 0 Å². The van der Waals surface area contributed by atoms with Gasteiger partial charge in [0.1, 0.15) is 11.4 Å². The number of nitrogens with zero attached hydrogens (tertiary/aromatic N) is 1. The zero-order chi connectivity index (χ0) is 21.2. The van der Waals surface area contributed by atoms with E-state index >= 15 is 0 Å². The van der Waals surface area contributed by atoms with Gasteiger partial charge in [-0.05, 0) is 42.7 Å². The second kappa shape index (κ2) is 11.1. The molecule has 0 saturated heterocycles. The fourth-order valence-corrected chi connectivity index (χ4v) is 3.39. The number of carbonyl (C=O) groups is 2. The van der Waals surface area contributed by atoms with E-state index in [1.807, 2.05) is 42.5 Å². The Kier molecular flexibility index (Phi) is 7.97. The van der Waals surface area contributed by atoms with Crippen molar-refractivity contribution in [3.63, 3.8) is 0 Å². The van der Waals surface area contributed by atoms with Crippen LogP contribution in [0.1, 0.15) is 42.2 Å². The van der Waals surface area contributed by atoms with Gasteiger partial charge in [-0.3, -0.25) is 9.59 Å². The van der Waals surface area contributed by atoms with Crippen molar-refractivity contribution < 1.29 is 14.3 Å². The van der Waals surface area contributed by atoms with E-state index in [9.17, 15) is 9.59 Å². The summed E-state index contributed by atoms with van der Waals surface area (Å²) in [4.78, 5) is 28.8. The molecule has 7 heteroatoms. The van der Waals surface area contributed by atoms with Crippen LogP contribution < -0.4 is 15.4 Å². The molecule has 0 saturated carbocycles. The second-order valence-corrected chi connectivity index (χ2v) is 7.61. The third-order valence-corrected chi connectivity index (χ3v) is 5.10. The quantitative estimate of drug-likeness (QED) is 0.442. The minimum Gasteiger partial charge on any atom is -0.494 e. The van der Waals surface area contributed by atoms with Crippen molar-refractivity contribution in [1.29, 1.82) is 0 Å². The van der Waals surface area contributed by atoms with E-state index in [1.54, 1.807) is 17.5 Å². The summed E-state index contributed by atoms with van der Waals surface area (Å²) in [5.41, 5.74) is 2.03. The first-order valence-electron chi connectivity index (χ1n) is 9.97. The maximum atomic E-state index is 12.4. The third kappa shape index (κ3) is 6.70. The number of aryl methyl sites for hydroxylation is 1. The molecule has 0 aliphatic rings. The average Bonchev–Trinajstić information content (AvgIpc) is 3.23. The van der Waals surface area contributed by atoms with Crippen LogP contribution in [0.2, 0.25) is 0 Å². The first-order chi connectivity index (χ1) is 14.6. The molecule has 0 bridgehead atoms. The highest BCUT2D eigenvalue weighted by atomic mass is 32.1. The Morgan fingerprint density at radius 3 is 2.53 bits per heavy atom. The molecule has 0 aliphatic carbocycles. The lowest BCUT2D eigenvalue weighted by atomic mass is 10.1. The van der Waals surface area contributed by atoms with Gasteiger partial charge in [0.05, 0.1) is 6.61 Å². The summed E-state index contributed by atoms with van der Waals surface area (Å²) in [5.74, 6) is 0.324. The molecule has 0 fully saturated rings. The summed E-state index contributed by atoms with van der Waals surface area (Å²) in [6.45, 7) is 2.79. The monoisotopic (exact) mass is 423 g/mol. The van der Waals surface area contributed by atoms with Crippen LogP contribution in [0.5, 0.6) is 5.75 Å². The van der Waals surface area contributed by atoms with Crippen LogP contribution in [-0.2, 0) is 11.2 Å². The predicted molar refractivity (Wildman–Crippen MR) is 120 cm³/mol. The number of rotatable bonds is 10. The normalized spacial score (nSPS) is 10.4. The van der Waals surface area contributed by atoms with E-state index in [0.717, 1.165) is 24.2 Å². The second-order valence-electron chi connectivity index (χ2n) is 6.75. The van der Waals surface area contributed by atoms with Gasteiger partial charge in [0, 0.05) is 17.5 Å². The molecule has 30 heavy (non-hydrogen) atoms. The zero-order valence-electron chi connectivity index (χ0n) is 16.9. The zero-order valence-corrected chi connectivity index (χ0v) is 17.7. The smallest absolute Gasteiger partial charge is 0.275 e. The Hall–Kier alpha value is -3.19. The third-order valence-electron chi connectivity index (χ3n) is 4.35. The lowest BCUT2D eigenvalue weighted by molar-refractivity contribution is -0.116. The van der Waals surface area contributed by atoms with Gasteiger partial charge in [-0.25, -0.2) is 4.98 Å². The number of ether oxygens (including phenoxy) is 1. The predicted octanol–water partition coefficient (Wildman–Crippen LogP) is 5.15. The van der Waals surface area contributed by atoms with Gasteiger partial charge >= 0.3 is 0 Å². The van der Waals surface area contributed by atoms with Gasteiger partial charge in [-0.2, -0.15) is 0 Å². The largest absolute Gasteiger partial charge is 0.494 e. The molecule has 2 N–H and O–H groups in total. The van der Waals surface area contributed by atoms with Crippen LogP contribution in [0.15, 0.2) is 60.0 Å². The van der Waals surface area contributed by atoms with Crippen LogP contribution in [0.25, 0.3) is 0 Å². The first-order valence-corrected chi connectivity index (χ1v) is 10.9. The van der Waals surface area contributed by atoms with E-state index in [2.05, 4.69) is 22.5 Å². The van der Waals surface area contributed by atoms with Crippen LogP contribution in [0.3, 0.4) is 0 Å². The van der Waals surface area contributed by atoms with Gasteiger partial charge in [0.15, 0.2) is 5.13 Å². The molecule has 6 nitrogen and oxygen atoms in total. The first kappa shape index (κ1) is 21.5. The molecule has 0 radical (unpaired) electrons. The summed E-state index contributed by atoms with van der Waals surface area (Å²) in [7, 11) is 0. The van der Waals surface area contributed by atoms with Gasteiger partial charge < -0.3 is 15.4 Å². The summed E-state index contributed by atoms with van der Waals surface area (Å²) in [6, 6.07) is 17.1. The summed E-state index contributed by atoms with van der Waals surface area (Å²) < 4.78 is 5.62. The van der Waals surface area contributed by atoms with Crippen molar-refractivity contribution >= 4 is 34.0 Å². The van der Waals surface area contributed by atoms with Crippen molar-refractivity contribution in [3.05, 3.63) is 71.2 Å². The molecule has 0 atom stereocenters. The fraction of sp³-hybridized carbons (Fsp3) is 0.261. The topological polar surface area (TPSA) is 80.3 Å². The molecule has 3 aromatic rings. The lowest BCUT2D eigenvalue weighted by Crippen LogP contribution is -2.14. The standard InChI is InChI=1S/C23H25N3O3S/c1-2-3-15-29-19-12-10-18(11-13-19)24-22(28)20-16-30-23(25-20)26-21(27)14-9-17-7-5-4-6-8-17/h4-8,10-13,16H,2-3,9,14-15H2,1H3,(H,24,28)(H,25,26,27). The van der Waals surface area contributed by atoms with Gasteiger partial charge in [-0.15, -0.1) is 11.3 Å². The highest BCUT2D eigenvalue weighted by molar-refractivity contribution is 7.14. The Morgan fingerprint density at radius 2 is 1.80 bits per heavy atom. The number of hydrogen-bond acceptors (Lipinski definition) is 5. The number of unbranched alkanes of at least 4 members (excludes halogenated alkanes) is 1. The van der Waals surface area contributed by atoms with E-state index in [1.165, 1.54) is 11.3 Å². The number of thiazole rings is 1. The Morgan fingerprint density at radius 1 is 1.03 bits per heavy atom. The van der Waals surface area contributed by atoms with Crippen LogP contribution in [0, 0.1) is 0 Å². The summed E-state index contributed by atoms with van der Waals surface area (Å²) in [6.07, 6.45) is 3.10. The molecule has 2 amide bonds. The number of anilines is 2. The minimum atomic E-state index is -0.323. The van der Waals surface area contributed by atoms with Crippen molar-refractivity contribution in [2.75, 3.05) is 17.2 Å². The van der Waals surface area contributed by atoms with Crippen molar-refractivity contribution in [2.45, 2.75) is 32.6 Å². The molecular formula is C23H25N3O3S. The number of hydrogen-bond donors (Lipinski definition) is 2. The van der Waals surface area contributed by atoms with Crippen LogP contribution in [0.4, 0.5) is 10.8 Å². The SMILES string of the molecule is CCCCOc1ccc(NC(=O)c2csc(NC(=O)CCc3ccccc3)n2)cc1. The highest BCUT2D eigenvalue weighted by Gasteiger charge is 2.13. The van der Waals surface area contributed by atoms with Crippen LogP contribution in [-0.4, -0.2) is 23.4 Å². The maximum Gasteiger partial charge on any atom is 0.275 e. The molecule has 0 spiro atoms. The van der Waals surface area contributed by atoms with E-state index in [4.69, 9.17) is 4.74 Å². The molecule has 3 rings (SSSR count). The summed E-state index contributed by atoms with van der Waals surface area (Å²) >= 11 is 1.23. The summed E-state index contributed by atoms with van der Waals surface area (Å²) in [5, 5.41) is 7.60. The maximum absolute atomic E-state index is 12.4. The van der Waals surface area contributed by atoms with Gasteiger partial charge in [-0.1, -0.05) is 43.7 Å². The van der Waals surface area contributed by atoms with E-state index in [-0.39, 0.29) is 17.5 Å². The highest BCUT2D eigenvalue weighted by Crippen LogP contribution is 2.19. The minimum absolute atomic E-state index is 0.126. The Bertz CT molecular complexity index is 955. The Balaban J connectivity index is 1.47. The van der Waals surface area contributed by atoms with Gasteiger partial charge in [0.25, 0.3) is 5.91 Å². The van der Waals surface area contributed by atoms with Gasteiger partial charge in [0.2, 0.25) is 5.91 Å². The van der Waals surface area contributed by atoms with Crippen molar-refractivity contribution in [3.8, 4) is 5.75 Å². The number of nitrogens with one attached hydrogen (secondary N) is 2. The number of amides is 2. The number of carbonyl (C=O) groups excluding carboxylic acids is 2. The molecule has 0 unspecified atom stereocenters. The molecule has 0 aliphatic heterocycles. The molecule has 1 heterocycles. The fourth-order valence-electron chi connectivity index (χ4n) is 2.68. The molecule has 1 aromatic heterocycles.